The van der Waals surface area contributed by atoms with Crippen molar-refractivity contribution in [3.05, 3.63) is 30.1 Å². The average molecular weight is 314 g/mol. The van der Waals surface area contributed by atoms with Gasteiger partial charge in [0.1, 0.15) is 12.1 Å². The number of amides is 1. The zero-order valence-electron chi connectivity index (χ0n) is 13.7. The molecular weight excluding hydrogens is 292 g/mol. The molecule has 0 radical (unpaired) electrons. The Hall–Kier alpha value is -2.21. The Morgan fingerprint density at radius 1 is 1.35 bits per heavy atom. The van der Waals surface area contributed by atoms with E-state index in [0.717, 1.165) is 29.6 Å². The lowest BCUT2D eigenvalue weighted by Crippen LogP contribution is -2.45. The van der Waals surface area contributed by atoms with Crippen molar-refractivity contribution in [3.8, 4) is 0 Å². The molecule has 6 nitrogen and oxygen atoms in total. The van der Waals surface area contributed by atoms with Gasteiger partial charge in [0.15, 0.2) is 0 Å². The highest BCUT2D eigenvalue weighted by atomic mass is 16.5. The maximum atomic E-state index is 12.5. The zero-order chi connectivity index (χ0) is 16.4. The van der Waals surface area contributed by atoms with Crippen LogP contribution in [0.25, 0.3) is 10.9 Å². The van der Waals surface area contributed by atoms with Crippen LogP contribution in [-0.2, 0) is 4.74 Å². The smallest absolute Gasteiger partial charge is 0.251 e. The lowest BCUT2D eigenvalue weighted by molar-refractivity contribution is -0.0615. The number of carbonyl (C=O) groups excluding carboxylic acids is 1. The van der Waals surface area contributed by atoms with Crippen LogP contribution in [0.1, 0.15) is 37.0 Å². The van der Waals surface area contributed by atoms with E-state index in [1.807, 2.05) is 19.2 Å². The number of carbonyl (C=O) groups is 1. The fourth-order valence-corrected chi connectivity index (χ4v) is 3.02. The Bertz CT molecular complexity index is 730. The highest BCUT2D eigenvalue weighted by molar-refractivity contribution is 5.99. The molecule has 1 aromatic carbocycles. The monoisotopic (exact) mass is 314 g/mol. The highest BCUT2D eigenvalue weighted by Crippen LogP contribution is 2.24. The summed E-state index contributed by atoms with van der Waals surface area (Å²) in [4.78, 5) is 20.9. The molecule has 1 aliphatic rings. The average Bonchev–Trinajstić information content (AvgIpc) is 2.52. The van der Waals surface area contributed by atoms with E-state index in [0.29, 0.717) is 12.2 Å². The van der Waals surface area contributed by atoms with Gasteiger partial charge in [-0.3, -0.25) is 4.79 Å². The second-order valence-corrected chi connectivity index (χ2v) is 6.48. The van der Waals surface area contributed by atoms with Crippen LogP contribution in [0, 0.1) is 0 Å². The molecule has 1 unspecified atom stereocenters. The molecule has 1 aromatic heterocycles. The van der Waals surface area contributed by atoms with Crippen molar-refractivity contribution in [2.75, 3.05) is 19.0 Å². The van der Waals surface area contributed by atoms with Crippen molar-refractivity contribution in [2.24, 2.45) is 0 Å². The molecule has 6 heteroatoms. The second-order valence-electron chi connectivity index (χ2n) is 6.48. The molecule has 3 rings (SSSR count). The summed E-state index contributed by atoms with van der Waals surface area (Å²) in [5, 5.41) is 7.04. The van der Waals surface area contributed by atoms with Crippen LogP contribution in [0.4, 0.5) is 5.82 Å². The van der Waals surface area contributed by atoms with Crippen molar-refractivity contribution >= 4 is 22.6 Å². The maximum absolute atomic E-state index is 12.5. The number of hydrogen-bond donors (Lipinski definition) is 2. The molecule has 0 spiro atoms. The fraction of sp³-hybridized carbons (Fsp3) is 0.471. The summed E-state index contributed by atoms with van der Waals surface area (Å²) >= 11 is 0. The number of rotatable bonds is 3. The largest absolute Gasteiger partial charge is 0.375 e. The van der Waals surface area contributed by atoms with Crippen molar-refractivity contribution < 1.29 is 9.53 Å². The van der Waals surface area contributed by atoms with E-state index in [2.05, 4.69) is 34.4 Å². The van der Waals surface area contributed by atoms with Gasteiger partial charge >= 0.3 is 0 Å². The van der Waals surface area contributed by atoms with Crippen LogP contribution in [0.5, 0.6) is 0 Å². The van der Waals surface area contributed by atoms with E-state index < -0.39 is 0 Å². The quantitative estimate of drug-likeness (QED) is 0.909. The third kappa shape index (κ3) is 3.42. The second kappa shape index (κ2) is 6.12. The third-order valence-electron chi connectivity index (χ3n) is 4.17. The first-order chi connectivity index (χ1) is 11.0. The summed E-state index contributed by atoms with van der Waals surface area (Å²) in [5.74, 6) is 0.687. The minimum absolute atomic E-state index is 0.0702. The molecule has 2 heterocycles. The molecule has 1 aliphatic heterocycles. The van der Waals surface area contributed by atoms with Gasteiger partial charge in [0, 0.05) is 30.6 Å². The first kappa shape index (κ1) is 15.7. The van der Waals surface area contributed by atoms with E-state index >= 15 is 0 Å². The van der Waals surface area contributed by atoms with Crippen LogP contribution < -0.4 is 10.6 Å². The molecule has 1 saturated heterocycles. The van der Waals surface area contributed by atoms with Gasteiger partial charge < -0.3 is 15.4 Å². The fourth-order valence-electron chi connectivity index (χ4n) is 3.02. The van der Waals surface area contributed by atoms with Gasteiger partial charge in [-0.05, 0) is 44.9 Å². The normalized spacial score (nSPS) is 20.2. The van der Waals surface area contributed by atoms with Gasteiger partial charge in [0.2, 0.25) is 0 Å². The molecular formula is C17H22N4O2. The molecule has 2 aromatic rings. The first-order valence-electron chi connectivity index (χ1n) is 7.86. The number of hydrogen-bond acceptors (Lipinski definition) is 5. The molecule has 122 valence electrons. The number of ether oxygens (including phenoxy) is 1. The van der Waals surface area contributed by atoms with Gasteiger partial charge in [0.25, 0.3) is 5.91 Å². The van der Waals surface area contributed by atoms with Gasteiger partial charge in [0.05, 0.1) is 11.1 Å². The van der Waals surface area contributed by atoms with Gasteiger partial charge in [-0.2, -0.15) is 0 Å². The summed E-state index contributed by atoms with van der Waals surface area (Å²) in [7, 11) is 1.81. The minimum Gasteiger partial charge on any atom is -0.375 e. The van der Waals surface area contributed by atoms with E-state index in [1.54, 1.807) is 6.07 Å². The van der Waals surface area contributed by atoms with Crippen LogP contribution in [0.2, 0.25) is 0 Å². The topological polar surface area (TPSA) is 76.1 Å². The summed E-state index contributed by atoms with van der Waals surface area (Å²) < 4.78 is 5.69. The Labute approximate surface area is 135 Å². The molecule has 1 amide bonds. The summed E-state index contributed by atoms with van der Waals surface area (Å²) in [5.41, 5.74) is 1.18. The molecule has 0 saturated carbocycles. The Kier molecular flexibility index (Phi) is 4.17. The van der Waals surface area contributed by atoms with E-state index in [9.17, 15) is 4.79 Å². The summed E-state index contributed by atoms with van der Waals surface area (Å²) in [6, 6.07) is 5.63. The van der Waals surface area contributed by atoms with E-state index in [1.165, 1.54) is 6.33 Å². The SMILES string of the molecule is CNc1ncnc2cc(C(=O)NC3CCOC(C)(C)C3)ccc12. The zero-order valence-corrected chi connectivity index (χ0v) is 13.7. The van der Waals surface area contributed by atoms with Crippen molar-refractivity contribution in [1.82, 2.24) is 15.3 Å². The predicted molar refractivity (Wildman–Crippen MR) is 89.6 cm³/mol. The minimum atomic E-state index is -0.186. The maximum Gasteiger partial charge on any atom is 0.251 e. The molecule has 1 fully saturated rings. The van der Waals surface area contributed by atoms with Gasteiger partial charge in [-0.15, -0.1) is 0 Å². The van der Waals surface area contributed by atoms with Crippen LogP contribution in [0.3, 0.4) is 0 Å². The van der Waals surface area contributed by atoms with Crippen LogP contribution >= 0.6 is 0 Å². The highest BCUT2D eigenvalue weighted by Gasteiger charge is 2.29. The van der Waals surface area contributed by atoms with Crippen molar-refractivity contribution in [1.29, 1.82) is 0 Å². The van der Waals surface area contributed by atoms with Crippen molar-refractivity contribution in [3.63, 3.8) is 0 Å². The first-order valence-corrected chi connectivity index (χ1v) is 7.86. The van der Waals surface area contributed by atoms with Crippen molar-refractivity contribution in [2.45, 2.75) is 38.3 Å². The van der Waals surface area contributed by atoms with Gasteiger partial charge in [-0.25, -0.2) is 9.97 Å². The summed E-state index contributed by atoms with van der Waals surface area (Å²) in [6.07, 6.45) is 3.16. The van der Waals surface area contributed by atoms with E-state index in [4.69, 9.17) is 4.74 Å². The Morgan fingerprint density at radius 2 is 2.17 bits per heavy atom. The number of anilines is 1. The number of nitrogens with zero attached hydrogens (tertiary/aromatic N) is 2. The number of nitrogens with one attached hydrogen (secondary N) is 2. The molecule has 23 heavy (non-hydrogen) atoms. The summed E-state index contributed by atoms with van der Waals surface area (Å²) in [6.45, 7) is 4.78. The van der Waals surface area contributed by atoms with Gasteiger partial charge in [-0.1, -0.05) is 0 Å². The lowest BCUT2D eigenvalue weighted by Gasteiger charge is -2.35. The van der Waals surface area contributed by atoms with E-state index in [-0.39, 0.29) is 17.6 Å². The van der Waals surface area contributed by atoms with Crippen LogP contribution in [-0.4, -0.2) is 41.2 Å². The lowest BCUT2D eigenvalue weighted by atomic mass is 9.93. The third-order valence-corrected chi connectivity index (χ3v) is 4.17. The molecule has 0 bridgehead atoms. The number of aromatic nitrogens is 2. The number of benzene rings is 1. The number of fused-ring (bicyclic) bond motifs is 1. The Morgan fingerprint density at radius 3 is 2.91 bits per heavy atom. The van der Waals surface area contributed by atoms with Crippen LogP contribution in [0.15, 0.2) is 24.5 Å². The molecule has 1 atom stereocenters. The molecule has 0 aliphatic carbocycles. The Balaban J connectivity index is 1.78. The standard InChI is InChI=1S/C17H22N4O2/c1-17(2)9-12(6-7-23-17)21-16(22)11-4-5-13-14(8-11)19-10-20-15(13)18-3/h4-5,8,10,12H,6-7,9H2,1-3H3,(H,21,22)(H,18,19,20). The molecule has 2 N–H and O–H groups in total. The predicted octanol–water partition coefficient (Wildman–Crippen LogP) is 2.36.